The van der Waals surface area contributed by atoms with Gasteiger partial charge in [0.15, 0.2) is 5.65 Å². The van der Waals surface area contributed by atoms with E-state index in [2.05, 4.69) is 40.6 Å². The predicted octanol–water partition coefficient (Wildman–Crippen LogP) is 4.54. The van der Waals surface area contributed by atoms with Crippen molar-refractivity contribution in [3.63, 3.8) is 0 Å². The van der Waals surface area contributed by atoms with Crippen molar-refractivity contribution in [2.45, 2.75) is 31.1 Å². The van der Waals surface area contributed by atoms with Gasteiger partial charge in [-0.25, -0.2) is 13.4 Å². The van der Waals surface area contributed by atoms with E-state index in [0.29, 0.717) is 21.9 Å². The van der Waals surface area contributed by atoms with Crippen molar-refractivity contribution in [1.82, 2.24) is 19.6 Å². The highest BCUT2D eigenvalue weighted by molar-refractivity contribution is 7.92. The van der Waals surface area contributed by atoms with E-state index >= 15 is 0 Å². The number of aromatic nitrogens is 4. The van der Waals surface area contributed by atoms with Gasteiger partial charge in [-0.15, -0.1) is 0 Å². The van der Waals surface area contributed by atoms with Crippen LogP contribution in [0.1, 0.15) is 26.3 Å². The van der Waals surface area contributed by atoms with E-state index in [1.54, 1.807) is 36.5 Å². The molecule has 0 amide bonds. The van der Waals surface area contributed by atoms with E-state index in [0.717, 1.165) is 5.56 Å². The Balaban J connectivity index is 1.69. The number of nitrogens with one attached hydrogen (secondary N) is 1. The van der Waals surface area contributed by atoms with Gasteiger partial charge in [-0.05, 0) is 35.2 Å². The molecule has 1 N–H and O–H groups in total. The van der Waals surface area contributed by atoms with E-state index in [4.69, 9.17) is 11.6 Å². The van der Waals surface area contributed by atoms with Crippen LogP contribution >= 0.6 is 11.6 Å². The molecule has 4 aromatic rings. The molecule has 0 radical (unpaired) electrons. The first kappa shape index (κ1) is 20.3. The van der Waals surface area contributed by atoms with Crippen molar-refractivity contribution in [2.75, 3.05) is 4.72 Å². The van der Waals surface area contributed by atoms with Crippen LogP contribution in [0.4, 0.5) is 5.82 Å². The van der Waals surface area contributed by atoms with E-state index < -0.39 is 10.0 Å². The summed E-state index contributed by atoms with van der Waals surface area (Å²) in [7, 11) is -3.80. The van der Waals surface area contributed by atoms with E-state index in [-0.39, 0.29) is 16.1 Å². The summed E-state index contributed by atoms with van der Waals surface area (Å²) >= 11 is 6.01. The molecule has 0 unspecified atom stereocenters. The lowest BCUT2D eigenvalue weighted by molar-refractivity contribution is 0.587. The van der Waals surface area contributed by atoms with Crippen LogP contribution in [0.2, 0.25) is 5.02 Å². The van der Waals surface area contributed by atoms with Gasteiger partial charge in [0, 0.05) is 30.2 Å². The summed E-state index contributed by atoms with van der Waals surface area (Å²) in [4.78, 5) is 8.50. The zero-order chi connectivity index (χ0) is 21.5. The molecule has 1 aromatic carbocycles. The monoisotopic (exact) mass is 441 g/mol. The fraction of sp³-hybridized carbons (Fsp3) is 0.190. The molecule has 0 aliphatic carbocycles. The molecule has 0 aliphatic rings. The van der Waals surface area contributed by atoms with Gasteiger partial charge in [0.2, 0.25) is 0 Å². The van der Waals surface area contributed by atoms with Gasteiger partial charge in [-0.3, -0.25) is 9.71 Å². The number of pyridine rings is 1. The Morgan fingerprint density at radius 3 is 2.43 bits per heavy atom. The van der Waals surface area contributed by atoms with Gasteiger partial charge in [-0.1, -0.05) is 44.5 Å². The van der Waals surface area contributed by atoms with E-state index in [1.165, 1.54) is 16.9 Å². The molecular formula is C21H20ClN5O2S. The molecule has 154 valence electrons. The number of halogens is 1. The Labute approximate surface area is 179 Å². The minimum Gasteiger partial charge on any atom is -0.263 e. The fourth-order valence-corrected chi connectivity index (χ4v) is 4.21. The van der Waals surface area contributed by atoms with Crippen LogP contribution in [0.3, 0.4) is 0 Å². The molecule has 0 aliphatic heterocycles. The Morgan fingerprint density at radius 2 is 1.77 bits per heavy atom. The average molecular weight is 442 g/mol. The summed E-state index contributed by atoms with van der Waals surface area (Å²) < 4.78 is 29.9. The van der Waals surface area contributed by atoms with Crippen molar-refractivity contribution in [3.8, 4) is 11.3 Å². The molecule has 0 atom stereocenters. The van der Waals surface area contributed by atoms with Crippen LogP contribution in [0, 0.1) is 0 Å². The molecule has 7 nitrogen and oxygen atoms in total. The zero-order valence-corrected chi connectivity index (χ0v) is 18.2. The number of fused-ring (bicyclic) bond motifs is 1. The van der Waals surface area contributed by atoms with Gasteiger partial charge < -0.3 is 0 Å². The van der Waals surface area contributed by atoms with Crippen molar-refractivity contribution < 1.29 is 8.42 Å². The molecule has 3 aromatic heterocycles. The summed E-state index contributed by atoms with van der Waals surface area (Å²) in [6, 6.07) is 11.9. The standard InChI is InChI=1S/C21H20ClN5O2S/c1-21(2,3)15-4-6-17(7-5-15)30(28,29)26-19-8-9-24-20-11-18(25-27(19)20)14-10-16(22)13-23-12-14/h4-13,26H,1-3H3. The number of benzene rings is 1. The highest BCUT2D eigenvalue weighted by Crippen LogP contribution is 2.26. The maximum atomic E-state index is 12.9. The number of nitrogens with zero attached hydrogens (tertiary/aromatic N) is 4. The number of anilines is 1. The summed E-state index contributed by atoms with van der Waals surface area (Å²) in [6.45, 7) is 6.23. The van der Waals surface area contributed by atoms with Crippen molar-refractivity contribution in [2.24, 2.45) is 0 Å². The topological polar surface area (TPSA) is 89.2 Å². The third-order valence-corrected chi connectivity index (χ3v) is 6.21. The predicted molar refractivity (Wildman–Crippen MR) is 117 cm³/mol. The second-order valence-corrected chi connectivity index (χ2v) is 10.0. The van der Waals surface area contributed by atoms with E-state index in [9.17, 15) is 8.42 Å². The minimum absolute atomic E-state index is 0.0619. The molecular weight excluding hydrogens is 422 g/mol. The largest absolute Gasteiger partial charge is 0.263 e. The second kappa shape index (κ2) is 7.37. The molecule has 0 spiro atoms. The molecule has 0 saturated carbocycles. The Hall–Kier alpha value is -2.97. The van der Waals surface area contributed by atoms with Gasteiger partial charge in [-0.2, -0.15) is 9.61 Å². The summed E-state index contributed by atoms with van der Waals surface area (Å²) in [6.07, 6.45) is 4.69. The Morgan fingerprint density at radius 1 is 1.03 bits per heavy atom. The summed E-state index contributed by atoms with van der Waals surface area (Å²) in [5.74, 6) is 0.279. The average Bonchev–Trinajstić information content (AvgIpc) is 3.13. The molecule has 4 rings (SSSR count). The normalized spacial score (nSPS) is 12.3. The number of hydrogen-bond donors (Lipinski definition) is 1. The van der Waals surface area contributed by atoms with Crippen LogP contribution < -0.4 is 4.72 Å². The van der Waals surface area contributed by atoms with Crippen molar-refractivity contribution >= 4 is 33.1 Å². The lowest BCUT2D eigenvalue weighted by Gasteiger charge is -2.19. The lowest BCUT2D eigenvalue weighted by atomic mass is 9.87. The Kier molecular flexibility index (Phi) is 4.99. The van der Waals surface area contributed by atoms with E-state index in [1.807, 2.05) is 12.1 Å². The van der Waals surface area contributed by atoms with Crippen LogP contribution in [0.5, 0.6) is 0 Å². The number of hydrogen-bond acceptors (Lipinski definition) is 5. The summed E-state index contributed by atoms with van der Waals surface area (Å²) in [5.41, 5.74) is 2.78. The SMILES string of the molecule is CC(C)(C)c1ccc(S(=O)(=O)Nc2ccnc3cc(-c4cncc(Cl)c4)nn23)cc1. The van der Waals surface area contributed by atoms with Gasteiger partial charge in [0.05, 0.1) is 15.6 Å². The minimum atomic E-state index is -3.80. The van der Waals surface area contributed by atoms with Crippen LogP contribution in [-0.4, -0.2) is 28.0 Å². The molecule has 0 saturated heterocycles. The molecule has 0 fully saturated rings. The highest BCUT2D eigenvalue weighted by Gasteiger charge is 2.19. The molecule has 9 heteroatoms. The second-order valence-electron chi connectivity index (χ2n) is 7.90. The van der Waals surface area contributed by atoms with Gasteiger partial charge in [0.1, 0.15) is 5.82 Å². The first-order valence-electron chi connectivity index (χ1n) is 9.23. The smallest absolute Gasteiger partial charge is 0.263 e. The third-order valence-electron chi connectivity index (χ3n) is 4.63. The van der Waals surface area contributed by atoms with Crippen LogP contribution in [0.25, 0.3) is 16.9 Å². The van der Waals surface area contributed by atoms with Crippen LogP contribution in [0.15, 0.2) is 66.0 Å². The maximum absolute atomic E-state index is 12.9. The third kappa shape index (κ3) is 4.01. The maximum Gasteiger partial charge on any atom is 0.263 e. The van der Waals surface area contributed by atoms with Crippen LogP contribution in [-0.2, 0) is 15.4 Å². The Bertz CT molecular complexity index is 1330. The van der Waals surface area contributed by atoms with Gasteiger partial charge >= 0.3 is 0 Å². The first-order valence-corrected chi connectivity index (χ1v) is 11.1. The molecule has 3 heterocycles. The molecule has 0 bridgehead atoms. The fourth-order valence-electron chi connectivity index (χ4n) is 3.00. The van der Waals surface area contributed by atoms with Crippen molar-refractivity contribution in [3.05, 3.63) is 71.6 Å². The zero-order valence-electron chi connectivity index (χ0n) is 16.7. The van der Waals surface area contributed by atoms with Crippen molar-refractivity contribution in [1.29, 1.82) is 0 Å². The first-order chi connectivity index (χ1) is 14.1. The number of rotatable bonds is 4. The number of sulfonamides is 1. The summed E-state index contributed by atoms with van der Waals surface area (Å²) in [5, 5.41) is 4.96. The highest BCUT2D eigenvalue weighted by atomic mass is 35.5. The molecule has 30 heavy (non-hydrogen) atoms. The van der Waals surface area contributed by atoms with Gasteiger partial charge in [0.25, 0.3) is 10.0 Å². The quantitative estimate of drug-likeness (QED) is 0.502. The lowest BCUT2D eigenvalue weighted by Crippen LogP contribution is -2.16.